The van der Waals surface area contributed by atoms with Crippen molar-refractivity contribution in [1.82, 2.24) is 0 Å². The van der Waals surface area contributed by atoms with Gasteiger partial charge < -0.3 is 0 Å². The predicted octanol–water partition coefficient (Wildman–Crippen LogP) is 3.18. The molecule has 1 aromatic rings. The second-order valence-electron chi connectivity index (χ2n) is 6.40. The molecule has 0 heteroatoms. The summed E-state index contributed by atoms with van der Waals surface area (Å²) in [7, 11) is 0. The van der Waals surface area contributed by atoms with Gasteiger partial charge in [0, 0.05) is 10.8 Å². The summed E-state index contributed by atoms with van der Waals surface area (Å²) in [6.07, 6.45) is 9.34. The summed E-state index contributed by atoms with van der Waals surface area (Å²) in [5.74, 6) is 0. The first-order chi connectivity index (χ1) is 7.77. The minimum Gasteiger partial charge on any atom is -0.0782 e. The molecular weight excluding hydrogens is 204 g/mol. The van der Waals surface area contributed by atoms with Gasteiger partial charge >= 0.3 is 0 Å². The van der Waals surface area contributed by atoms with Crippen LogP contribution in [0.25, 0.3) is 12.2 Å². The van der Waals surface area contributed by atoms with Gasteiger partial charge in [-0.2, -0.15) is 0 Å². The zero-order valence-electron chi connectivity index (χ0n) is 11.5. The summed E-state index contributed by atoms with van der Waals surface area (Å²) in [6, 6.07) is 6.71. The summed E-state index contributed by atoms with van der Waals surface area (Å²) >= 11 is 0. The molecule has 0 radical (unpaired) electrons. The van der Waals surface area contributed by atoms with Crippen molar-refractivity contribution in [1.29, 1.82) is 0 Å². The first kappa shape index (κ1) is 12.2. The maximum atomic E-state index is 2.36. The van der Waals surface area contributed by atoms with Gasteiger partial charge in [0.15, 0.2) is 0 Å². The van der Waals surface area contributed by atoms with Gasteiger partial charge in [-0.25, -0.2) is 0 Å². The van der Waals surface area contributed by atoms with E-state index in [1.165, 1.54) is 16.0 Å². The van der Waals surface area contributed by atoms with Crippen LogP contribution in [0.3, 0.4) is 0 Å². The standard InChI is InChI=1S/C17H22/c1-13-6-7-14-11-16(2,3)8-9-17(4,5)12-15(14)10-13/h6-12H,1-5H3/b9-8-,14-11-,15-12-. The van der Waals surface area contributed by atoms with Crippen LogP contribution < -0.4 is 10.4 Å². The Morgan fingerprint density at radius 3 is 1.88 bits per heavy atom. The Labute approximate surface area is 104 Å². The topological polar surface area (TPSA) is 0 Å². The van der Waals surface area contributed by atoms with E-state index in [2.05, 4.69) is 77.1 Å². The fourth-order valence-electron chi connectivity index (χ4n) is 2.28. The van der Waals surface area contributed by atoms with Crippen LogP contribution in [0.1, 0.15) is 33.3 Å². The molecule has 90 valence electrons. The maximum absolute atomic E-state index is 2.36. The van der Waals surface area contributed by atoms with Gasteiger partial charge in [0.05, 0.1) is 0 Å². The van der Waals surface area contributed by atoms with Crippen molar-refractivity contribution >= 4 is 12.2 Å². The van der Waals surface area contributed by atoms with Crippen LogP contribution in [-0.4, -0.2) is 0 Å². The lowest BCUT2D eigenvalue weighted by molar-refractivity contribution is 0.618. The van der Waals surface area contributed by atoms with Crippen molar-refractivity contribution in [3.05, 3.63) is 46.4 Å². The zero-order valence-corrected chi connectivity index (χ0v) is 11.5. The average molecular weight is 226 g/mol. The number of benzene rings is 1. The van der Waals surface area contributed by atoms with Gasteiger partial charge in [-0.15, -0.1) is 0 Å². The lowest BCUT2D eigenvalue weighted by Crippen LogP contribution is -2.31. The molecule has 0 heterocycles. The van der Waals surface area contributed by atoms with Crippen molar-refractivity contribution in [2.24, 2.45) is 10.8 Å². The molecule has 0 unspecified atom stereocenters. The van der Waals surface area contributed by atoms with E-state index in [9.17, 15) is 0 Å². The molecule has 0 atom stereocenters. The second kappa shape index (κ2) is 3.87. The van der Waals surface area contributed by atoms with Gasteiger partial charge in [0.2, 0.25) is 0 Å². The largest absolute Gasteiger partial charge is 0.0782 e. The van der Waals surface area contributed by atoms with Crippen LogP contribution in [0.5, 0.6) is 0 Å². The molecule has 0 N–H and O–H groups in total. The molecule has 0 fully saturated rings. The SMILES string of the molecule is Cc1ccc2/c(c1)=C\C(C)(C)/C=C\C(C)(C)\C=2. The molecule has 0 spiro atoms. The fraction of sp³-hybridized carbons (Fsp3) is 0.412. The van der Waals surface area contributed by atoms with E-state index in [1.54, 1.807) is 0 Å². The van der Waals surface area contributed by atoms with Crippen LogP contribution in [-0.2, 0) is 0 Å². The number of hydrogen-bond acceptors (Lipinski definition) is 0. The number of rotatable bonds is 0. The molecule has 0 amide bonds. The highest BCUT2D eigenvalue weighted by Gasteiger charge is 2.16. The highest BCUT2D eigenvalue weighted by molar-refractivity contribution is 5.46. The lowest BCUT2D eigenvalue weighted by Gasteiger charge is -2.22. The highest BCUT2D eigenvalue weighted by Crippen LogP contribution is 2.26. The molecule has 0 saturated carbocycles. The Hall–Kier alpha value is -1.30. The quantitative estimate of drug-likeness (QED) is 0.596. The number of allylic oxidation sites excluding steroid dienone is 2. The molecule has 0 bridgehead atoms. The van der Waals surface area contributed by atoms with Gasteiger partial charge in [-0.05, 0) is 17.4 Å². The number of aryl methyl sites for hydroxylation is 1. The van der Waals surface area contributed by atoms with E-state index >= 15 is 0 Å². The van der Waals surface area contributed by atoms with Crippen molar-refractivity contribution in [2.75, 3.05) is 0 Å². The van der Waals surface area contributed by atoms with Crippen molar-refractivity contribution in [2.45, 2.75) is 34.6 Å². The summed E-state index contributed by atoms with van der Waals surface area (Å²) in [5, 5.41) is 2.70. The first-order valence-electron chi connectivity index (χ1n) is 6.30. The molecule has 1 aliphatic rings. The van der Waals surface area contributed by atoms with Crippen LogP contribution in [0.15, 0.2) is 30.4 Å². The third-order valence-electron chi connectivity index (χ3n) is 3.24. The van der Waals surface area contributed by atoms with Gasteiger partial charge in [-0.1, -0.05) is 75.8 Å². The van der Waals surface area contributed by atoms with Crippen LogP contribution >= 0.6 is 0 Å². The average Bonchev–Trinajstić information content (AvgIpc) is 2.18. The predicted molar refractivity (Wildman–Crippen MR) is 76.1 cm³/mol. The Morgan fingerprint density at radius 1 is 0.765 bits per heavy atom. The molecule has 0 nitrogen and oxygen atoms in total. The van der Waals surface area contributed by atoms with Gasteiger partial charge in [0.1, 0.15) is 0 Å². The van der Waals surface area contributed by atoms with E-state index in [1.807, 2.05) is 0 Å². The third kappa shape index (κ3) is 2.88. The van der Waals surface area contributed by atoms with Crippen LogP contribution in [0.2, 0.25) is 0 Å². The summed E-state index contributed by atoms with van der Waals surface area (Å²) in [5.41, 5.74) is 1.57. The smallest absolute Gasteiger partial charge is 0.00139 e. The summed E-state index contributed by atoms with van der Waals surface area (Å²) in [6.45, 7) is 11.2. The molecular formula is C17H22. The first-order valence-corrected chi connectivity index (χ1v) is 6.30. The molecule has 0 aliphatic heterocycles. The van der Waals surface area contributed by atoms with Crippen LogP contribution in [0, 0.1) is 17.8 Å². The highest BCUT2D eigenvalue weighted by atomic mass is 14.2. The Balaban J connectivity index is 2.83. The Kier molecular flexibility index (Phi) is 2.77. The zero-order chi connectivity index (χ0) is 12.7. The summed E-state index contributed by atoms with van der Waals surface area (Å²) < 4.78 is 0. The molecule has 0 saturated heterocycles. The van der Waals surface area contributed by atoms with Gasteiger partial charge in [0.25, 0.3) is 0 Å². The number of fused-ring (bicyclic) bond motifs is 1. The minimum atomic E-state index is 0.119. The van der Waals surface area contributed by atoms with Gasteiger partial charge in [-0.3, -0.25) is 0 Å². The van der Waals surface area contributed by atoms with Crippen molar-refractivity contribution < 1.29 is 0 Å². The molecule has 1 aromatic carbocycles. The number of hydrogen-bond donors (Lipinski definition) is 0. The molecule has 1 aliphatic carbocycles. The maximum Gasteiger partial charge on any atom is 0.00139 e. The molecule has 2 rings (SSSR count). The minimum absolute atomic E-state index is 0.119. The molecule has 17 heavy (non-hydrogen) atoms. The van der Waals surface area contributed by atoms with E-state index < -0.39 is 0 Å². The normalized spacial score (nSPS) is 26.4. The second-order valence-corrected chi connectivity index (χ2v) is 6.40. The monoisotopic (exact) mass is 226 g/mol. The van der Waals surface area contributed by atoms with E-state index in [4.69, 9.17) is 0 Å². The fourth-order valence-corrected chi connectivity index (χ4v) is 2.28. The Morgan fingerprint density at radius 2 is 1.29 bits per heavy atom. The van der Waals surface area contributed by atoms with E-state index in [0.717, 1.165) is 0 Å². The van der Waals surface area contributed by atoms with Crippen molar-refractivity contribution in [3.63, 3.8) is 0 Å². The summed E-state index contributed by atoms with van der Waals surface area (Å²) in [4.78, 5) is 0. The van der Waals surface area contributed by atoms with E-state index in [0.29, 0.717) is 0 Å². The van der Waals surface area contributed by atoms with Crippen molar-refractivity contribution in [3.8, 4) is 0 Å². The molecule has 0 aromatic heterocycles. The lowest BCUT2D eigenvalue weighted by atomic mass is 9.82. The third-order valence-corrected chi connectivity index (χ3v) is 3.24. The Bertz CT molecular complexity index is 569. The van der Waals surface area contributed by atoms with Crippen LogP contribution in [0.4, 0.5) is 0 Å². The van der Waals surface area contributed by atoms with E-state index in [-0.39, 0.29) is 10.8 Å².